The summed E-state index contributed by atoms with van der Waals surface area (Å²) in [6.07, 6.45) is 4.89. The molecule has 0 unspecified atom stereocenters. The van der Waals surface area contributed by atoms with Gasteiger partial charge in [-0.2, -0.15) is 9.41 Å². The van der Waals surface area contributed by atoms with E-state index in [9.17, 15) is 13.2 Å². The molecule has 170 valence electrons. The van der Waals surface area contributed by atoms with Gasteiger partial charge in [-0.05, 0) is 55.4 Å². The number of amides is 1. The Morgan fingerprint density at radius 3 is 2.50 bits per heavy atom. The van der Waals surface area contributed by atoms with E-state index in [1.807, 2.05) is 12.1 Å². The van der Waals surface area contributed by atoms with E-state index in [1.54, 1.807) is 24.3 Å². The van der Waals surface area contributed by atoms with Gasteiger partial charge >= 0.3 is 0 Å². The highest BCUT2D eigenvalue weighted by atomic mass is 32.2. The molecular weight excluding hydrogens is 426 g/mol. The maximum Gasteiger partial charge on any atom is 0.243 e. The third-order valence-electron chi connectivity index (χ3n) is 5.93. The first kappa shape index (κ1) is 22.6. The molecule has 1 heterocycles. The van der Waals surface area contributed by atoms with Crippen LogP contribution in [0.4, 0.5) is 0 Å². The van der Waals surface area contributed by atoms with E-state index in [1.165, 1.54) is 9.87 Å². The van der Waals surface area contributed by atoms with E-state index >= 15 is 0 Å². The van der Waals surface area contributed by atoms with Crippen LogP contribution in [0.2, 0.25) is 0 Å². The SMILES string of the molecule is O=C(CCc1ccc(S(=O)(=O)N2CCOCC2)cc1)N/N=C1\CCCCc2ccccc21. The molecule has 4 rings (SSSR count). The summed E-state index contributed by atoms with van der Waals surface area (Å²) in [5.41, 5.74) is 6.96. The quantitative estimate of drug-likeness (QED) is 0.536. The molecule has 0 bridgehead atoms. The molecule has 1 fully saturated rings. The number of sulfonamides is 1. The van der Waals surface area contributed by atoms with Gasteiger partial charge in [0.2, 0.25) is 15.9 Å². The molecule has 1 aliphatic heterocycles. The third-order valence-corrected chi connectivity index (χ3v) is 7.84. The van der Waals surface area contributed by atoms with E-state index in [-0.39, 0.29) is 17.2 Å². The molecule has 0 atom stereocenters. The highest BCUT2D eigenvalue weighted by molar-refractivity contribution is 7.89. The molecule has 0 aromatic heterocycles. The van der Waals surface area contributed by atoms with Crippen molar-refractivity contribution >= 4 is 21.6 Å². The van der Waals surface area contributed by atoms with Crippen LogP contribution in [0.1, 0.15) is 42.4 Å². The Hall–Kier alpha value is -2.55. The summed E-state index contributed by atoms with van der Waals surface area (Å²) in [7, 11) is -3.50. The molecule has 32 heavy (non-hydrogen) atoms. The van der Waals surface area contributed by atoms with Crippen LogP contribution in [0.15, 0.2) is 58.5 Å². The van der Waals surface area contributed by atoms with Crippen molar-refractivity contribution in [2.24, 2.45) is 5.10 Å². The zero-order valence-electron chi connectivity index (χ0n) is 18.1. The van der Waals surface area contributed by atoms with Crippen LogP contribution in [-0.2, 0) is 32.4 Å². The van der Waals surface area contributed by atoms with Crippen molar-refractivity contribution in [3.8, 4) is 0 Å². The van der Waals surface area contributed by atoms with Crippen molar-refractivity contribution in [2.75, 3.05) is 26.3 Å². The van der Waals surface area contributed by atoms with Gasteiger partial charge in [0.1, 0.15) is 0 Å². The van der Waals surface area contributed by atoms with Gasteiger partial charge in [-0.1, -0.05) is 36.4 Å². The second-order valence-electron chi connectivity index (χ2n) is 8.12. The fourth-order valence-corrected chi connectivity index (χ4v) is 5.49. The van der Waals surface area contributed by atoms with Crippen molar-refractivity contribution in [2.45, 2.75) is 43.4 Å². The Bertz CT molecular complexity index is 1070. The summed E-state index contributed by atoms with van der Waals surface area (Å²) in [4.78, 5) is 12.6. The van der Waals surface area contributed by atoms with Crippen molar-refractivity contribution in [1.82, 2.24) is 9.73 Å². The molecule has 2 aromatic carbocycles. The van der Waals surface area contributed by atoms with Crippen molar-refractivity contribution < 1.29 is 17.9 Å². The summed E-state index contributed by atoms with van der Waals surface area (Å²) in [6, 6.07) is 15.0. The number of ether oxygens (including phenoxy) is 1. The number of morpholine rings is 1. The number of hydrogen-bond donors (Lipinski definition) is 1. The van der Waals surface area contributed by atoms with E-state index in [0.717, 1.165) is 42.5 Å². The lowest BCUT2D eigenvalue weighted by Gasteiger charge is -2.26. The molecule has 2 aliphatic rings. The average Bonchev–Trinajstić information content (AvgIpc) is 3.04. The number of benzene rings is 2. The average molecular weight is 456 g/mol. The minimum absolute atomic E-state index is 0.149. The van der Waals surface area contributed by atoms with Gasteiger partial charge in [-0.15, -0.1) is 0 Å². The van der Waals surface area contributed by atoms with Gasteiger partial charge < -0.3 is 4.74 Å². The zero-order valence-corrected chi connectivity index (χ0v) is 18.9. The lowest BCUT2D eigenvalue weighted by Crippen LogP contribution is -2.40. The summed E-state index contributed by atoms with van der Waals surface area (Å²) < 4.78 is 32.1. The van der Waals surface area contributed by atoms with Gasteiger partial charge in [0, 0.05) is 25.1 Å². The Morgan fingerprint density at radius 1 is 1.00 bits per heavy atom. The fourth-order valence-electron chi connectivity index (χ4n) is 4.09. The summed E-state index contributed by atoms with van der Waals surface area (Å²) in [5.74, 6) is -0.149. The Balaban J connectivity index is 1.33. The van der Waals surface area contributed by atoms with E-state index in [2.05, 4.69) is 22.7 Å². The number of nitrogens with one attached hydrogen (secondary N) is 1. The molecule has 7 nitrogen and oxygen atoms in total. The van der Waals surface area contributed by atoms with Crippen molar-refractivity contribution in [1.29, 1.82) is 0 Å². The fraction of sp³-hybridized carbons (Fsp3) is 0.417. The van der Waals surface area contributed by atoms with Crippen molar-refractivity contribution in [3.05, 3.63) is 65.2 Å². The molecule has 0 saturated carbocycles. The summed E-state index contributed by atoms with van der Waals surface area (Å²) in [6.45, 7) is 1.58. The molecule has 1 aliphatic carbocycles. The second kappa shape index (κ2) is 10.4. The van der Waals surface area contributed by atoms with Crippen LogP contribution in [0.5, 0.6) is 0 Å². The standard InChI is InChI=1S/C24H29N3O4S/c28-24(26-25-23-8-4-2-6-20-5-1-3-7-22(20)23)14-11-19-9-12-21(13-10-19)32(29,30)27-15-17-31-18-16-27/h1,3,5,7,9-10,12-13H,2,4,6,8,11,14-18H2,(H,26,28)/b25-23+. The van der Waals surface area contributed by atoms with E-state index < -0.39 is 10.0 Å². The number of carbonyl (C=O) groups is 1. The van der Waals surface area contributed by atoms with Gasteiger partial charge in [0.05, 0.1) is 23.8 Å². The predicted molar refractivity (Wildman–Crippen MR) is 123 cm³/mol. The van der Waals surface area contributed by atoms with Gasteiger partial charge in [0.15, 0.2) is 0 Å². The molecule has 1 saturated heterocycles. The Labute approximate surface area is 189 Å². The Morgan fingerprint density at radius 2 is 1.72 bits per heavy atom. The first-order valence-corrected chi connectivity index (χ1v) is 12.6. The highest BCUT2D eigenvalue weighted by Gasteiger charge is 2.26. The smallest absolute Gasteiger partial charge is 0.243 e. The number of hydrogen-bond acceptors (Lipinski definition) is 5. The minimum atomic E-state index is -3.50. The first-order chi connectivity index (χ1) is 15.5. The van der Waals surface area contributed by atoms with Gasteiger partial charge in [0.25, 0.3) is 0 Å². The summed E-state index contributed by atoms with van der Waals surface area (Å²) >= 11 is 0. The molecule has 2 aromatic rings. The Kier molecular flexibility index (Phi) is 7.34. The molecule has 0 radical (unpaired) electrons. The maximum absolute atomic E-state index is 12.7. The van der Waals surface area contributed by atoms with Gasteiger partial charge in [-0.25, -0.2) is 13.8 Å². The van der Waals surface area contributed by atoms with Crippen LogP contribution in [0, 0.1) is 0 Å². The monoisotopic (exact) mass is 455 g/mol. The number of nitrogens with zero attached hydrogens (tertiary/aromatic N) is 2. The predicted octanol–water partition coefficient (Wildman–Crippen LogP) is 2.89. The summed E-state index contributed by atoms with van der Waals surface area (Å²) in [5, 5.41) is 4.42. The lowest BCUT2D eigenvalue weighted by molar-refractivity contribution is -0.121. The zero-order chi connectivity index (χ0) is 22.4. The van der Waals surface area contributed by atoms with E-state index in [0.29, 0.717) is 32.7 Å². The number of carbonyl (C=O) groups excluding carboxylic acids is 1. The van der Waals surface area contributed by atoms with Gasteiger partial charge in [-0.3, -0.25) is 4.79 Å². The normalized spacial score (nSPS) is 18.7. The van der Waals surface area contributed by atoms with Crippen LogP contribution >= 0.6 is 0 Å². The molecule has 1 amide bonds. The number of hydrazone groups is 1. The molecular formula is C24H29N3O4S. The van der Waals surface area contributed by atoms with Crippen LogP contribution in [0.3, 0.4) is 0 Å². The second-order valence-corrected chi connectivity index (χ2v) is 10.1. The first-order valence-electron chi connectivity index (χ1n) is 11.1. The number of fused-ring (bicyclic) bond motifs is 1. The lowest BCUT2D eigenvalue weighted by atomic mass is 10.0. The minimum Gasteiger partial charge on any atom is -0.379 e. The van der Waals surface area contributed by atoms with Crippen LogP contribution < -0.4 is 5.43 Å². The highest BCUT2D eigenvalue weighted by Crippen LogP contribution is 2.21. The van der Waals surface area contributed by atoms with Crippen LogP contribution in [-0.4, -0.2) is 50.6 Å². The molecule has 8 heteroatoms. The molecule has 1 N–H and O–H groups in total. The molecule has 0 spiro atoms. The van der Waals surface area contributed by atoms with E-state index in [4.69, 9.17) is 4.74 Å². The van der Waals surface area contributed by atoms with Crippen LogP contribution in [0.25, 0.3) is 0 Å². The number of rotatable bonds is 6. The third kappa shape index (κ3) is 5.43. The number of aryl methyl sites for hydroxylation is 2. The topological polar surface area (TPSA) is 88.1 Å². The largest absolute Gasteiger partial charge is 0.379 e. The van der Waals surface area contributed by atoms with Crippen molar-refractivity contribution in [3.63, 3.8) is 0 Å². The maximum atomic E-state index is 12.7.